The van der Waals surface area contributed by atoms with E-state index >= 15 is 0 Å². The highest BCUT2D eigenvalue weighted by Gasteiger charge is 2.33. The Balaban J connectivity index is 1.67. The SMILES string of the molecule is O=C(O)C(c1ccsc1)N1CCN(Cc2ccc(F)cc2)C(=O)C1. The van der Waals surface area contributed by atoms with E-state index in [1.54, 1.807) is 33.4 Å². The van der Waals surface area contributed by atoms with E-state index in [1.165, 1.54) is 23.5 Å². The van der Waals surface area contributed by atoms with Crippen molar-refractivity contribution in [2.24, 2.45) is 0 Å². The van der Waals surface area contributed by atoms with Crippen LogP contribution in [0.25, 0.3) is 0 Å². The number of thiophene rings is 1. The van der Waals surface area contributed by atoms with E-state index in [9.17, 15) is 19.1 Å². The minimum Gasteiger partial charge on any atom is -0.480 e. The van der Waals surface area contributed by atoms with Crippen molar-refractivity contribution in [3.8, 4) is 0 Å². The summed E-state index contributed by atoms with van der Waals surface area (Å²) in [6, 6.07) is 7.02. The van der Waals surface area contributed by atoms with E-state index in [4.69, 9.17) is 0 Å². The van der Waals surface area contributed by atoms with Crippen molar-refractivity contribution in [1.29, 1.82) is 0 Å². The molecule has 1 N–H and O–H groups in total. The first-order valence-corrected chi connectivity index (χ1v) is 8.50. The average Bonchev–Trinajstić information content (AvgIpc) is 3.06. The van der Waals surface area contributed by atoms with Gasteiger partial charge in [0.1, 0.15) is 11.9 Å². The molecule has 0 spiro atoms. The van der Waals surface area contributed by atoms with Crippen molar-refractivity contribution < 1.29 is 19.1 Å². The molecule has 1 aromatic heterocycles. The van der Waals surface area contributed by atoms with Crippen molar-refractivity contribution in [3.05, 3.63) is 58.0 Å². The van der Waals surface area contributed by atoms with Crippen LogP contribution in [0.3, 0.4) is 0 Å². The lowest BCUT2D eigenvalue weighted by atomic mass is 10.1. The first kappa shape index (κ1) is 16.6. The van der Waals surface area contributed by atoms with Gasteiger partial charge in [0.25, 0.3) is 0 Å². The van der Waals surface area contributed by atoms with Gasteiger partial charge in [0, 0.05) is 19.6 Å². The molecule has 0 bridgehead atoms. The number of nitrogens with zero attached hydrogens (tertiary/aromatic N) is 2. The Labute approximate surface area is 142 Å². The Morgan fingerprint density at radius 2 is 2.00 bits per heavy atom. The van der Waals surface area contributed by atoms with Crippen molar-refractivity contribution in [1.82, 2.24) is 9.80 Å². The van der Waals surface area contributed by atoms with Crippen LogP contribution in [-0.4, -0.2) is 46.4 Å². The fourth-order valence-corrected chi connectivity index (χ4v) is 3.54. The van der Waals surface area contributed by atoms with E-state index in [-0.39, 0.29) is 18.3 Å². The summed E-state index contributed by atoms with van der Waals surface area (Å²) in [5.74, 6) is -1.38. The molecule has 1 aliphatic heterocycles. The van der Waals surface area contributed by atoms with Crippen molar-refractivity contribution >= 4 is 23.2 Å². The van der Waals surface area contributed by atoms with Crippen LogP contribution >= 0.6 is 11.3 Å². The fraction of sp³-hybridized carbons (Fsp3) is 0.294. The summed E-state index contributed by atoms with van der Waals surface area (Å²) in [5.41, 5.74) is 1.55. The molecule has 2 heterocycles. The predicted octanol–water partition coefficient (Wildman–Crippen LogP) is 2.36. The van der Waals surface area contributed by atoms with Crippen LogP contribution < -0.4 is 0 Å². The van der Waals surface area contributed by atoms with Gasteiger partial charge in [-0.1, -0.05) is 12.1 Å². The van der Waals surface area contributed by atoms with Crippen LogP contribution in [0.15, 0.2) is 41.1 Å². The molecule has 3 rings (SSSR count). The number of hydrogen-bond acceptors (Lipinski definition) is 4. The third kappa shape index (κ3) is 3.63. The third-order valence-electron chi connectivity index (χ3n) is 4.09. The molecule has 1 aliphatic rings. The van der Waals surface area contributed by atoms with Crippen LogP contribution in [0.2, 0.25) is 0 Å². The second kappa shape index (κ2) is 7.11. The first-order chi connectivity index (χ1) is 11.5. The van der Waals surface area contributed by atoms with Gasteiger partial charge in [0.2, 0.25) is 5.91 Å². The van der Waals surface area contributed by atoms with E-state index < -0.39 is 12.0 Å². The van der Waals surface area contributed by atoms with Crippen LogP contribution in [0, 0.1) is 5.82 Å². The van der Waals surface area contributed by atoms with E-state index in [1.807, 2.05) is 5.38 Å². The number of aliphatic carboxylic acids is 1. The molecule has 1 unspecified atom stereocenters. The van der Waals surface area contributed by atoms with Gasteiger partial charge in [-0.15, -0.1) is 0 Å². The van der Waals surface area contributed by atoms with Gasteiger partial charge in [-0.2, -0.15) is 11.3 Å². The number of carboxylic acid groups (broad SMARTS) is 1. The Bertz CT molecular complexity index is 718. The van der Waals surface area contributed by atoms with Gasteiger partial charge in [0.05, 0.1) is 6.54 Å². The third-order valence-corrected chi connectivity index (χ3v) is 4.79. The lowest BCUT2D eigenvalue weighted by Gasteiger charge is -2.37. The highest BCUT2D eigenvalue weighted by atomic mass is 32.1. The van der Waals surface area contributed by atoms with Gasteiger partial charge in [-0.25, -0.2) is 4.39 Å². The highest BCUT2D eigenvalue weighted by molar-refractivity contribution is 7.08. The van der Waals surface area contributed by atoms with Crippen molar-refractivity contribution in [3.63, 3.8) is 0 Å². The number of benzene rings is 1. The number of rotatable bonds is 5. The minimum absolute atomic E-state index is 0.0635. The second-order valence-corrected chi connectivity index (χ2v) is 6.49. The molecule has 0 radical (unpaired) electrons. The molecule has 7 heteroatoms. The summed E-state index contributed by atoms with van der Waals surface area (Å²) in [4.78, 5) is 27.4. The molecule has 1 fully saturated rings. The summed E-state index contributed by atoms with van der Waals surface area (Å²) < 4.78 is 13.0. The standard InChI is InChI=1S/C17H17FN2O3S/c18-14-3-1-12(2-4-14)9-19-6-7-20(10-15(19)21)16(17(22)23)13-5-8-24-11-13/h1-5,8,11,16H,6-7,9-10H2,(H,22,23). The maximum atomic E-state index is 13.0. The lowest BCUT2D eigenvalue weighted by Crippen LogP contribution is -2.52. The van der Waals surface area contributed by atoms with Crippen LogP contribution in [0.1, 0.15) is 17.2 Å². The Morgan fingerprint density at radius 1 is 1.25 bits per heavy atom. The van der Waals surface area contributed by atoms with Gasteiger partial charge in [0.15, 0.2) is 0 Å². The number of carboxylic acids is 1. The molecule has 24 heavy (non-hydrogen) atoms. The van der Waals surface area contributed by atoms with Crippen molar-refractivity contribution in [2.45, 2.75) is 12.6 Å². The zero-order valence-electron chi connectivity index (χ0n) is 12.9. The van der Waals surface area contributed by atoms with Crippen LogP contribution in [0.4, 0.5) is 4.39 Å². The van der Waals surface area contributed by atoms with Gasteiger partial charge in [-0.3, -0.25) is 14.5 Å². The summed E-state index contributed by atoms with van der Waals surface area (Å²) in [7, 11) is 0. The molecule has 2 aromatic rings. The summed E-state index contributed by atoms with van der Waals surface area (Å²) in [6.45, 7) is 1.40. The number of amides is 1. The number of carbonyl (C=O) groups excluding carboxylic acids is 1. The number of carbonyl (C=O) groups is 2. The molecule has 5 nitrogen and oxygen atoms in total. The number of piperazine rings is 1. The molecule has 1 amide bonds. The highest BCUT2D eigenvalue weighted by Crippen LogP contribution is 2.25. The molecule has 0 aliphatic carbocycles. The van der Waals surface area contributed by atoms with E-state index in [0.717, 1.165) is 5.56 Å². The van der Waals surface area contributed by atoms with E-state index in [0.29, 0.717) is 25.2 Å². The molecule has 1 saturated heterocycles. The molecule has 1 atom stereocenters. The molecule has 1 aromatic carbocycles. The summed E-state index contributed by atoms with van der Waals surface area (Å²) >= 11 is 1.44. The predicted molar refractivity (Wildman–Crippen MR) is 88.1 cm³/mol. The maximum absolute atomic E-state index is 13.0. The van der Waals surface area contributed by atoms with Crippen LogP contribution in [-0.2, 0) is 16.1 Å². The van der Waals surface area contributed by atoms with E-state index in [2.05, 4.69) is 0 Å². The zero-order chi connectivity index (χ0) is 17.1. The lowest BCUT2D eigenvalue weighted by molar-refractivity contribution is -0.148. The van der Waals surface area contributed by atoms with Gasteiger partial charge in [-0.05, 0) is 40.1 Å². The normalized spacial score (nSPS) is 17.0. The quantitative estimate of drug-likeness (QED) is 0.901. The van der Waals surface area contributed by atoms with Gasteiger partial charge < -0.3 is 10.0 Å². The monoisotopic (exact) mass is 348 g/mol. The molecule has 126 valence electrons. The minimum atomic E-state index is -0.951. The Hall–Kier alpha value is -2.25. The van der Waals surface area contributed by atoms with Gasteiger partial charge >= 0.3 is 5.97 Å². The molecule has 0 saturated carbocycles. The first-order valence-electron chi connectivity index (χ1n) is 7.56. The number of hydrogen-bond donors (Lipinski definition) is 1. The summed E-state index contributed by atoms with van der Waals surface area (Å²) in [6.07, 6.45) is 0. The Kier molecular flexibility index (Phi) is 4.92. The zero-order valence-corrected chi connectivity index (χ0v) is 13.7. The topological polar surface area (TPSA) is 60.9 Å². The fourth-order valence-electron chi connectivity index (χ4n) is 2.86. The van der Waals surface area contributed by atoms with Crippen LogP contribution in [0.5, 0.6) is 0 Å². The Morgan fingerprint density at radius 3 is 2.58 bits per heavy atom. The average molecular weight is 348 g/mol. The smallest absolute Gasteiger partial charge is 0.325 e. The maximum Gasteiger partial charge on any atom is 0.325 e. The molecular formula is C17H17FN2O3S. The van der Waals surface area contributed by atoms with Crippen molar-refractivity contribution in [2.75, 3.05) is 19.6 Å². The summed E-state index contributed by atoms with van der Waals surface area (Å²) in [5, 5.41) is 13.1. The largest absolute Gasteiger partial charge is 0.480 e. The molecular weight excluding hydrogens is 331 g/mol. The number of halogens is 1. The second-order valence-electron chi connectivity index (χ2n) is 5.71.